The van der Waals surface area contributed by atoms with E-state index in [2.05, 4.69) is 0 Å². The third-order valence-corrected chi connectivity index (χ3v) is 7.25. The molecular weight excluding hydrogens is 662 g/mol. The lowest BCUT2D eigenvalue weighted by atomic mass is 9.91. The quantitative estimate of drug-likeness (QED) is 0.135. The van der Waals surface area contributed by atoms with Crippen molar-refractivity contribution in [2.24, 2.45) is 0 Å². The van der Waals surface area contributed by atoms with E-state index in [1.807, 2.05) is 0 Å². The molecule has 244 valence electrons. The second-order valence-corrected chi connectivity index (χ2v) is 9.92. The molecule has 0 saturated heterocycles. The number of hydrogen-bond acceptors (Lipinski definition) is 15. The number of nitro benzene ring substituents is 5. The smallest absolute Gasteiger partial charge is 0.282 e. The van der Waals surface area contributed by atoms with Gasteiger partial charge in [0.1, 0.15) is 0 Å². The summed E-state index contributed by atoms with van der Waals surface area (Å²) in [6.07, 6.45) is 1.36. The lowest BCUT2D eigenvalue weighted by Gasteiger charge is -2.10. The van der Waals surface area contributed by atoms with Crippen molar-refractivity contribution < 1.29 is 39.3 Å². The van der Waals surface area contributed by atoms with E-state index < -0.39 is 91.2 Å². The van der Waals surface area contributed by atoms with Crippen LogP contribution in [0.25, 0.3) is 33.2 Å². The standard InChI is InChI=1S/C14H7N3O6.C13H4N4O9/c18-15(19)12-7-10-5-8-3-1-2-4-9(8)6-11(10)13(16(20)21)14(12)17(22)23;18-13-7-2-5-1-6(14(19)20)3-8(15(21)22)11(5)12(7)9(16(23)24)4-10(13)17(25)26/h1-7H;1-4H. The molecule has 0 unspecified atom stereocenters. The maximum Gasteiger partial charge on any atom is 0.422 e. The molecule has 0 spiro atoms. The molecule has 2 aliphatic carbocycles. The van der Waals surface area contributed by atoms with Gasteiger partial charge < -0.3 is 0 Å². The normalized spacial score (nSPS) is 13.0. The molecule has 49 heavy (non-hydrogen) atoms. The Morgan fingerprint density at radius 1 is 0.510 bits per heavy atom. The molecule has 22 heteroatoms. The molecule has 0 fully saturated rings. The minimum Gasteiger partial charge on any atom is -0.282 e. The molecule has 4 aromatic carbocycles. The number of carbonyl (C=O) groups excluding carboxylic acids is 1. The van der Waals surface area contributed by atoms with Crippen LogP contribution in [0.15, 0.2) is 77.6 Å². The zero-order chi connectivity index (χ0) is 36.1. The Morgan fingerprint density at radius 3 is 1.61 bits per heavy atom. The van der Waals surface area contributed by atoms with E-state index in [4.69, 9.17) is 0 Å². The summed E-state index contributed by atoms with van der Waals surface area (Å²) in [6, 6.07) is 12.4. The largest absolute Gasteiger partial charge is 0.422 e. The minimum atomic E-state index is -1.18. The summed E-state index contributed by atoms with van der Waals surface area (Å²) < 4.78 is 0. The van der Waals surface area contributed by atoms with E-state index in [0.717, 1.165) is 23.6 Å². The van der Waals surface area contributed by atoms with E-state index in [-0.39, 0.29) is 21.9 Å². The molecule has 0 heterocycles. The summed E-state index contributed by atoms with van der Waals surface area (Å²) in [5.74, 6) is -1.18. The van der Waals surface area contributed by atoms with Crippen LogP contribution in [0, 0.1) is 70.8 Å². The highest BCUT2D eigenvalue weighted by Gasteiger charge is 2.45. The number of fused-ring (bicyclic) bond motifs is 5. The number of benzene rings is 4. The van der Waals surface area contributed by atoms with E-state index >= 15 is 0 Å². The van der Waals surface area contributed by atoms with Crippen LogP contribution in [0.3, 0.4) is 0 Å². The van der Waals surface area contributed by atoms with Gasteiger partial charge in [-0.25, -0.2) is 0 Å². The second kappa shape index (κ2) is 11.8. The molecule has 0 radical (unpaired) electrons. The predicted octanol–water partition coefficient (Wildman–Crippen LogP) is 5.35. The van der Waals surface area contributed by atoms with Crippen molar-refractivity contribution in [2.75, 3.05) is 0 Å². The van der Waals surface area contributed by atoms with Crippen molar-refractivity contribution in [1.29, 1.82) is 0 Å². The fourth-order valence-electron chi connectivity index (χ4n) is 5.31. The molecule has 0 atom stereocenters. The molecule has 0 aliphatic heterocycles. The molecule has 0 bridgehead atoms. The van der Waals surface area contributed by atoms with Gasteiger partial charge >= 0.3 is 22.8 Å². The Morgan fingerprint density at radius 2 is 1.10 bits per heavy atom. The molecule has 4 aromatic rings. The van der Waals surface area contributed by atoms with Crippen LogP contribution in [-0.4, -0.2) is 40.2 Å². The van der Waals surface area contributed by atoms with Gasteiger partial charge in [0.15, 0.2) is 0 Å². The van der Waals surface area contributed by atoms with E-state index in [1.165, 1.54) is 12.1 Å². The summed E-state index contributed by atoms with van der Waals surface area (Å²) in [6.45, 7) is 0. The van der Waals surface area contributed by atoms with Crippen molar-refractivity contribution >= 4 is 67.4 Å². The molecule has 0 aromatic heterocycles. The van der Waals surface area contributed by atoms with Crippen molar-refractivity contribution in [2.45, 2.75) is 0 Å². The number of nitro groups is 7. The third kappa shape index (κ3) is 5.47. The van der Waals surface area contributed by atoms with Crippen LogP contribution in [-0.2, 0) is 4.79 Å². The summed E-state index contributed by atoms with van der Waals surface area (Å²) in [7, 11) is 0. The van der Waals surface area contributed by atoms with Crippen LogP contribution in [0.1, 0.15) is 11.1 Å². The molecule has 0 amide bonds. The first kappa shape index (κ1) is 32.5. The van der Waals surface area contributed by atoms with Crippen molar-refractivity contribution in [3.63, 3.8) is 0 Å². The van der Waals surface area contributed by atoms with Gasteiger partial charge in [0.05, 0.1) is 63.1 Å². The minimum absolute atomic E-state index is 0.00833. The van der Waals surface area contributed by atoms with E-state index in [9.17, 15) is 75.6 Å². The average molecular weight is 673 g/mol. The molecular formula is C27H11N7O15. The van der Waals surface area contributed by atoms with Crippen LogP contribution in [0.4, 0.5) is 28.4 Å². The molecule has 2 aliphatic rings. The lowest BCUT2D eigenvalue weighted by molar-refractivity contribution is -0.440. The Hall–Kier alpha value is -7.91. The number of Topliss-reactive ketones (excluding diaryl/α,β-unsaturated/α-hetero) is 1. The van der Waals surface area contributed by atoms with Gasteiger partial charge in [-0.3, -0.25) is 75.6 Å². The lowest BCUT2D eigenvalue weighted by Crippen LogP contribution is -2.20. The zero-order valence-electron chi connectivity index (χ0n) is 23.6. The summed E-state index contributed by atoms with van der Waals surface area (Å²) in [5.41, 5.74) is -7.82. The fourth-order valence-corrected chi connectivity index (χ4v) is 5.31. The third-order valence-electron chi connectivity index (χ3n) is 7.25. The van der Waals surface area contributed by atoms with Crippen molar-refractivity contribution in [3.05, 3.63) is 160 Å². The molecule has 0 N–H and O–H groups in total. The first-order valence-electron chi connectivity index (χ1n) is 12.9. The first-order chi connectivity index (χ1) is 23.0. The first-order valence-corrected chi connectivity index (χ1v) is 12.9. The van der Waals surface area contributed by atoms with Gasteiger partial charge in [-0.15, -0.1) is 0 Å². The van der Waals surface area contributed by atoms with Gasteiger partial charge in [0, 0.05) is 17.7 Å². The highest BCUT2D eigenvalue weighted by Crippen LogP contribution is 2.48. The van der Waals surface area contributed by atoms with Gasteiger partial charge in [-0.1, -0.05) is 24.3 Å². The van der Waals surface area contributed by atoms with Crippen molar-refractivity contribution in [3.8, 4) is 0 Å². The SMILES string of the molecule is O=C1C2=Cc3cc([N+](=O)[O-])cc([N+](=O)[O-])c3C2=C([N+](=O)[O-])C=C1[N+](=O)[O-].O=[N+]([O-])c1cc2cc3ccccc3cc2c([N+](=O)[O-])c1[N+](=O)[O-]. The van der Waals surface area contributed by atoms with Gasteiger partial charge in [0.2, 0.25) is 0 Å². The Balaban J connectivity index is 0.000000192. The number of allylic oxidation sites excluding steroid dienone is 3. The second-order valence-electron chi connectivity index (χ2n) is 9.92. The summed E-state index contributed by atoms with van der Waals surface area (Å²) in [4.78, 5) is 83.3. The average Bonchev–Trinajstić information content (AvgIpc) is 3.42. The highest BCUT2D eigenvalue weighted by molar-refractivity contribution is 6.26. The van der Waals surface area contributed by atoms with Crippen LogP contribution < -0.4 is 0 Å². The van der Waals surface area contributed by atoms with Crippen LogP contribution in [0.5, 0.6) is 0 Å². The van der Waals surface area contributed by atoms with Crippen molar-refractivity contribution in [1.82, 2.24) is 0 Å². The molecule has 6 rings (SSSR count). The highest BCUT2D eigenvalue weighted by atomic mass is 16.7. The molecule has 0 saturated carbocycles. The van der Waals surface area contributed by atoms with Crippen LogP contribution >= 0.6 is 0 Å². The van der Waals surface area contributed by atoms with E-state index in [1.54, 1.807) is 24.3 Å². The maximum atomic E-state index is 12.2. The topological polar surface area (TPSA) is 319 Å². The maximum absolute atomic E-state index is 12.2. The Labute approximate surface area is 266 Å². The number of rotatable bonds is 7. The van der Waals surface area contributed by atoms with E-state index in [0.29, 0.717) is 17.5 Å². The van der Waals surface area contributed by atoms with Crippen LogP contribution in [0.2, 0.25) is 0 Å². The van der Waals surface area contributed by atoms with Gasteiger partial charge in [0.25, 0.3) is 22.9 Å². The number of ketones is 1. The van der Waals surface area contributed by atoms with Gasteiger partial charge in [-0.05, 0) is 39.9 Å². The number of carbonyl (C=O) groups is 1. The monoisotopic (exact) mass is 673 g/mol. The zero-order valence-corrected chi connectivity index (χ0v) is 23.6. The Kier molecular flexibility index (Phi) is 7.81. The Bertz CT molecular complexity index is 2410. The summed E-state index contributed by atoms with van der Waals surface area (Å²) >= 11 is 0. The fraction of sp³-hybridized carbons (Fsp3) is 0. The molecule has 22 nitrogen and oxygen atoms in total. The number of non-ortho nitro benzene ring substituents is 1. The predicted molar refractivity (Wildman–Crippen MR) is 163 cm³/mol. The number of nitrogens with zero attached hydrogens (tertiary/aromatic N) is 7. The number of hydrogen-bond donors (Lipinski definition) is 0. The van der Waals surface area contributed by atoms with Gasteiger partial charge in [-0.2, -0.15) is 0 Å². The summed E-state index contributed by atoms with van der Waals surface area (Å²) in [5, 5.41) is 79.6.